The van der Waals surface area contributed by atoms with Gasteiger partial charge in [-0.15, -0.1) is 0 Å². The molecule has 1 aromatic carbocycles. The summed E-state index contributed by atoms with van der Waals surface area (Å²) in [6, 6.07) is 7.94. The van der Waals surface area contributed by atoms with Crippen LogP contribution in [0, 0.1) is 5.92 Å². The molecule has 138 valence electrons. The minimum absolute atomic E-state index is 0.229. The Bertz CT molecular complexity index is 972. The van der Waals surface area contributed by atoms with Gasteiger partial charge in [-0.05, 0) is 24.3 Å². The second kappa shape index (κ2) is 7.31. The molecule has 2 N–H and O–H groups in total. The molecule has 1 amide bonds. The molecule has 1 fully saturated rings. The molecule has 0 spiro atoms. The van der Waals surface area contributed by atoms with E-state index in [0.29, 0.717) is 23.5 Å². The fraction of sp³-hybridized carbons (Fsp3) is 0.333. The van der Waals surface area contributed by atoms with Crippen molar-refractivity contribution in [1.29, 1.82) is 0 Å². The fourth-order valence-corrected chi connectivity index (χ4v) is 4.18. The number of carbonyl (C=O) groups excluding carboxylic acids is 2. The normalized spacial score (nSPS) is 16.3. The van der Waals surface area contributed by atoms with Crippen molar-refractivity contribution in [2.24, 2.45) is 11.7 Å². The standard InChI is InChI=1S/C21H22N4O2/c22-21(27)20(15-4-2-1-3-5-15)16-8-6-14(7-9-16)18-10-24-19-11-23-17(13-26)12-25(18)19/h6-13,15,20H,1-5H2,(H2,22,27). The second-order valence-electron chi connectivity index (χ2n) is 7.20. The summed E-state index contributed by atoms with van der Waals surface area (Å²) in [5.74, 6) is -0.141. The molecule has 6 heteroatoms. The number of benzene rings is 1. The van der Waals surface area contributed by atoms with Gasteiger partial charge in [-0.3, -0.25) is 14.0 Å². The van der Waals surface area contributed by atoms with E-state index in [4.69, 9.17) is 5.73 Å². The van der Waals surface area contributed by atoms with Crippen LogP contribution < -0.4 is 5.73 Å². The predicted molar refractivity (Wildman–Crippen MR) is 102 cm³/mol. The summed E-state index contributed by atoms with van der Waals surface area (Å²) in [5, 5.41) is 0. The summed E-state index contributed by atoms with van der Waals surface area (Å²) >= 11 is 0. The fourth-order valence-electron chi connectivity index (χ4n) is 4.18. The van der Waals surface area contributed by atoms with Gasteiger partial charge in [0, 0.05) is 11.8 Å². The third kappa shape index (κ3) is 3.35. The van der Waals surface area contributed by atoms with Crippen LogP contribution in [0.4, 0.5) is 0 Å². The van der Waals surface area contributed by atoms with Gasteiger partial charge in [-0.1, -0.05) is 43.5 Å². The summed E-state index contributed by atoms with van der Waals surface area (Å²) in [5.41, 5.74) is 9.58. The molecule has 6 nitrogen and oxygen atoms in total. The van der Waals surface area contributed by atoms with Crippen LogP contribution in [0.1, 0.15) is 54.1 Å². The lowest BCUT2D eigenvalue weighted by Crippen LogP contribution is -2.29. The molecule has 0 radical (unpaired) electrons. The third-order valence-corrected chi connectivity index (χ3v) is 5.53. The number of nitrogens with zero attached hydrogens (tertiary/aromatic N) is 3. The topological polar surface area (TPSA) is 90.3 Å². The Hall–Kier alpha value is -3.02. The highest BCUT2D eigenvalue weighted by Gasteiger charge is 2.29. The van der Waals surface area contributed by atoms with Crippen molar-refractivity contribution >= 4 is 17.8 Å². The maximum atomic E-state index is 12.1. The number of carbonyl (C=O) groups is 2. The molecule has 1 atom stereocenters. The number of imidazole rings is 1. The zero-order valence-corrected chi connectivity index (χ0v) is 15.0. The number of nitrogens with two attached hydrogens (primary N) is 1. The van der Waals surface area contributed by atoms with Crippen LogP contribution in [0.25, 0.3) is 16.9 Å². The zero-order valence-electron chi connectivity index (χ0n) is 15.0. The minimum atomic E-state index is -0.244. The maximum absolute atomic E-state index is 12.1. The lowest BCUT2D eigenvalue weighted by molar-refractivity contribution is -0.120. The average molecular weight is 362 g/mol. The van der Waals surface area contributed by atoms with E-state index in [1.807, 2.05) is 28.7 Å². The number of amides is 1. The summed E-state index contributed by atoms with van der Waals surface area (Å²) in [6.45, 7) is 0. The lowest BCUT2D eigenvalue weighted by Gasteiger charge is -2.28. The molecule has 0 saturated heterocycles. The number of fused-ring (bicyclic) bond motifs is 1. The number of hydrogen-bond acceptors (Lipinski definition) is 4. The number of rotatable bonds is 5. The molecular weight excluding hydrogens is 340 g/mol. The highest BCUT2D eigenvalue weighted by Crippen LogP contribution is 2.36. The summed E-state index contributed by atoms with van der Waals surface area (Å²) in [6.07, 6.45) is 11.4. The first kappa shape index (κ1) is 17.4. The lowest BCUT2D eigenvalue weighted by atomic mass is 9.76. The number of aromatic nitrogens is 3. The first-order valence-corrected chi connectivity index (χ1v) is 9.35. The van der Waals surface area contributed by atoms with Crippen LogP contribution in [0.5, 0.6) is 0 Å². The van der Waals surface area contributed by atoms with Gasteiger partial charge in [0.2, 0.25) is 5.91 Å². The molecular formula is C21H22N4O2. The van der Waals surface area contributed by atoms with Gasteiger partial charge in [0.15, 0.2) is 11.9 Å². The van der Waals surface area contributed by atoms with Crippen LogP contribution >= 0.6 is 0 Å². The third-order valence-electron chi connectivity index (χ3n) is 5.53. The van der Waals surface area contributed by atoms with Crippen LogP contribution in [0.3, 0.4) is 0 Å². The molecule has 0 aliphatic heterocycles. The van der Waals surface area contributed by atoms with E-state index in [-0.39, 0.29) is 11.8 Å². The Morgan fingerprint density at radius 2 is 1.85 bits per heavy atom. The number of aldehydes is 1. The molecule has 3 aromatic rings. The first-order chi connectivity index (χ1) is 13.2. The number of hydrogen-bond donors (Lipinski definition) is 1. The Morgan fingerprint density at radius 1 is 1.11 bits per heavy atom. The van der Waals surface area contributed by atoms with E-state index in [0.717, 1.165) is 29.7 Å². The molecule has 27 heavy (non-hydrogen) atoms. The van der Waals surface area contributed by atoms with Crippen molar-refractivity contribution in [1.82, 2.24) is 14.4 Å². The van der Waals surface area contributed by atoms with Crippen molar-refractivity contribution in [3.05, 3.63) is 54.1 Å². The summed E-state index contributed by atoms with van der Waals surface area (Å²) in [4.78, 5) is 31.5. The SMILES string of the molecule is NC(=O)C(c1ccc(-c2cnc3cnc(C=O)cn23)cc1)C1CCCCC1. The van der Waals surface area contributed by atoms with Crippen LogP contribution in [0.2, 0.25) is 0 Å². The molecule has 0 bridgehead atoms. The largest absolute Gasteiger partial charge is 0.369 e. The van der Waals surface area contributed by atoms with E-state index in [1.54, 1.807) is 18.6 Å². The highest BCUT2D eigenvalue weighted by atomic mass is 16.1. The van der Waals surface area contributed by atoms with E-state index >= 15 is 0 Å². The first-order valence-electron chi connectivity index (χ1n) is 9.35. The summed E-state index contributed by atoms with van der Waals surface area (Å²) in [7, 11) is 0. The van der Waals surface area contributed by atoms with Crippen molar-refractivity contribution in [2.75, 3.05) is 0 Å². The molecule has 1 aliphatic rings. The molecule has 1 saturated carbocycles. The van der Waals surface area contributed by atoms with Gasteiger partial charge >= 0.3 is 0 Å². The Morgan fingerprint density at radius 3 is 2.52 bits per heavy atom. The highest BCUT2D eigenvalue weighted by molar-refractivity contribution is 5.82. The molecule has 1 unspecified atom stereocenters. The van der Waals surface area contributed by atoms with Crippen molar-refractivity contribution in [3.8, 4) is 11.3 Å². The van der Waals surface area contributed by atoms with Gasteiger partial charge in [-0.25, -0.2) is 9.97 Å². The molecule has 1 aliphatic carbocycles. The number of primary amides is 1. The molecule has 2 heterocycles. The van der Waals surface area contributed by atoms with Gasteiger partial charge in [0.25, 0.3) is 0 Å². The minimum Gasteiger partial charge on any atom is -0.369 e. The smallest absolute Gasteiger partial charge is 0.225 e. The maximum Gasteiger partial charge on any atom is 0.225 e. The van der Waals surface area contributed by atoms with Gasteiger partial charge in [-0.2, -0.15) is 0 Å². The van der Waals surface area contributed by atoms with Crippen molar-refractivity contribution in [3.63, 3.8) is 0 Å². The predicted octanol–water partition coefficient (Wildman–Crippen LogP) is 3.36. The van der Waals surface area contributed by atoms with Crippen molar-refractivity contribution in [2.45, 2.75) is 38.0 Å². The Balaban J connectivity index is 1.67. The Labute approximate surface area is 157 Å². The molecule has 4 rings (SSSR count). The van der Waals surface area contributed by atoms with Crippen LogP contribution in [0.15, 0.2) is 42.9 Å². The quantitative estimate of drug-likeness (QED) is 0.705. The average Bonchev–Trinajstić information content (AvgIpc) is 3.12. The second-order valence-corrected chi connectivity index (χ2v) is 7.20. The Kier molecular flexibility index (Phi) is 4.71. The van der Waals surface area contributed by atoms with Crippen molar-refractivity contribution < 1.29 is 9.59 Å². The monoisotopic (exact) mass is 362 g/mol. The van der Waals surface area contributed by atoms with E-state index in [2.05, 4.69) is 9.97 Å². The zero-order chi connectivity index (χ0) is 18.8. The summed E-state index contributed by atoms with van der Waals surface area (Å²) < 4.78 is 1.85. The van der Waals surface area contributed by atoms with E-state index in [9.17, 15) is 9.59 Å². The van der Waals surface area contributed by atoms with Gasteiger partial charge < -0.3 is 5.73 Å². The van der Waals surface area contributed by atoms with Gasteiger partial charge in [0.1, 0.15) is 5.69 Å². The van der Waals surface area contributed by atoms with E-state index < -0.39 is 0 Å². The van der Waals surface area contributed by atoms with Crippen LogP contribution in [-0.2, 0) is 4.79 Å². The van der Waals surface area contributed by atoms with Crippen LogP contribution in [-0.4, -0.2) is 26.6 Å². The van der Waals surface area contributed by atoms with Gasteiger partial charge in [0.05, 0.1) is 24.0 Å². The van der Waals surface area contributed by atoms with E-state index in [1.165, 1.54) is 19.3 Å². The molecule has 2 aromatic heterocycles.